The minimum absolute atomic E-state index is 0.00551. The van der Waals surface area contributed by atoms with Crippen molar-refractivity contribution >= 4 is 18.0 Å². The van der Waals surface area contributed by atoms with Crippen LogP contribution in [0.2, 0.25) is 0 Å². The van der Waals surface area contributed by atoms with Crippen molar-refractivity contribution in [1.29, 1.82) is 0 Å². The summed E-state index contributed by atoms with van der Waals surface area (Å²) in [5.74, 6) is -1.10. The topological polar surface area (TPSA) is 98.9 Å². The molecule has 0 bridgehead atoms. The number of esters is 1. The van der Waals surface area contributed by atoms with Crippen LogP contribution in [0.15, 0.2) is 24.3 Å². The van der Waals surface area contributed by atoms with Crippen molar-refractivity contribution < 1.29 is 24.2 Å². The van der Waals surface area contributed by atoms with E-state index in [-0.39, 0.29) is 5.75 Å². The van der Waals surface area contributed by atoms with E-state index in [1.54, 1.807) is 12.1 Å². The summed E-state index contributed by atoms with van der Waals surface area (Å²) in [6, 6.07) is 4.58. The SMILES string of the molecule is COc1cc(/C=C/C(=O)OCC(N)=O)ccc1O. The molecule has 1 aromatic carbocycles. The fourth-order valence-electron chi connectivity index (χ4n) is 1.15. The Hall–Kier alpha value is -2.50. The first-order valence-electron chi connectivity index (χ1n) is 5.03. The molecule has 0 aromatic heterocycles. The summed E-state index contributed by atoms with van der Waals surface area (Å²) in [5.41, 5.74) is 5.46. The van der Waals surface area contributed by atoms with Crippen molar-refractivity contribution in [2.45, 2.75) is 0 Å². The molecule has 96 valence electrons. The van der Waals surface area contributed by atoms with Gasteiger partial charge in [-0.05, 0) is 23.8 Å². The Morgan fingerprint density at radius 2 is 2.17 bits per heavy atom. The lowest BCUT2D eigenvalue weighted by Gasteiger charge is -2.03. The second-order valence-corrected chi connectivity index (χ2v) is 3.34. The number of ether oxygens (including phenoxy) is 2. The number of methoxy groups -OCH3 is 1. The average Bonchev–Trinajstić information content (AvgIpc) is 2.35. The van der Waals surface area contributed by atoms with E-state index in [1.165, 1.54) is 19.3 Å². The van der Waals surface area contributed by atoms with E-state index in [9.17, 15) is 14.7 Å². The van der Waals surface area contributed by atoms with Crippen molar-refractivity contribution in [3.8, 4) is 11.5 Å². The normalized spacial score (nSPS) is 10.3. The highest BCUT2D eigenvalue weighted by molar-refractivity contribution is 5.89. The van der Waals surface area contributed by atoms with Gasteiger partial charge in [0.15, 0.2) is 18.1 Å². The fourth-order valence-corrected chi connectivity index (χ4v) is 1.15. The molecule has 3 N–H and O–H groups in total. The maximum Gasteiger partial charge on any atom is 0.331 e. The Morgan fingerprint density at radius 1 is 1.44 bits per heavy atom. The second kappa shape index (κ2) is 6.29. The van der Waals surface area contributed by atoms with E-state index in [0.29, 0.717) is 11.3 Å². The Bertz CT molecular complexity index is 481. The number of benzene rings is 1. The van der Waals surface area contributed by atoms with Gasteiger partial charge in [0.25, 0.3) is 5.91 Å². The number of rotatable bonds is 5. The van der Waals surface area contributed by atoms with Crippen LogP contribution in [0.4, 0.5) is 0 Å². The summed E-state index contributed by atoms with van der Waals surface area (Å²) in [7, 11) is 1.42. The molecule has 0 heterocycles. The quantitative estimate of drug-likeness (QED) is 0.584. The molecule has 0 aliphatic carbocycles. The molecule has 0 radical (unpaired) electrons. The molecule has 0 aliphatic heterocycles. The number of amides is 1. The number of phenolic OH excluding ortho intramolecular Hbond substituents is 1. The smallest absolute Gasteiger partial charge is 0.331 e. The molecule has 0 saturated heterocycles. The molecule has 1 amide bonds. The number of phenols is 1. The Kier molecular flexibility index (Phi) is 4.74. The average molecular weight is 251 g/mol. The van der Waals surface area contributed by atoms with E-state index in [0.717, 1.165) is 6.08 Å². The zero-order valence-electron chi connectivity index (χ0n) is 9.75. The van der Waals surface area contributed by atoms with Gasteiger partial charge in [-0.25, -0.2) is 4.79 Å². The van der Waals surface area contributed by atoms with Crippen molar-refractivity contribution in [1.82, 2.24) is 0 Å². The maximum absolute atomic E-state index is 11.1. The van der Waals surface area contributed by atoms with Crippen LogP contribution < -0.4 is 10.5 Å². The third kappa shape index (κ3) is 4.17. The molecule has 0 aliphatic rings. The van der Waals surface area contributed by atoms with E-state index in [2.05, 4.69) is 4.74 Å². The van der Waals surface area contributed by atoms with Crippen molar-refractivity contribution in [3.63, 3.8) is 0 Å². The molecular formula is C12H13NO5. The number of primary amides is 1. The summed E-state index contributed by atoms with van der Waals surface area (Å²) < 4.78 is 9.43. The number of hydrogen-bond acceptors (Lipinski definition) is 5. The lowest BCUT2D eigenvalue weighted by molar-refractivity contribution is -0.142. The Labute approximate surface area is 104 Å². The van der Waals surface area contributed by atoms with Crippen LogP contribution in [0.3, 0.4) is 0 Å². The van der Waals surface area contributed by atoms with Crippen LogP contribution in [0.1, 0.15) is 5.56 Å². The first kappa shape index (κ1) is 13.6. The van der Waals surface area contributed by atoms with Gasteiger partial charge < -0.3 is 20.3 Å². The monoisotopic (exact) mass is 251 g/mol. The molecule has 0 unspecified atom stereocenters. The van der Waals surface area contributed by atoms with Gasteiger partial charge in [-0.2, -0.15) is 0 Å². The predicted molar refractivity (Wildman–Crippen MR) is 63.8 cm³/mol. The van der Waals surface area contributed by atoms with Crippen LogP contribution in [0.25, 0.3) is 6.08 Å². The van der Waals surface area contributed by atoms with Crippen LogP contribution >= 0.6 is 0 Å². The highest BCUT2D eigenvalue weighted by atomic mass is 16.5. The summed E-state index contributed by atoms with van der Waals surface area (Å²) >= 11 is 0. The number of aromatic hydroxyl groups is 1. The van der Waals surface area contributed by atoms with Crippen molar-refractivity contribution in [2.75, 3.05) is 13.7 Å². The van der Waals surface area contributed by atoms with Crippen LogP contribution in [0.5, 0.6) is 11.5 Å². The van der Waals surface area contributed by atoms with Crippen LogP contribution in [-0.4, -0.2) is 30.7 Å². The Balaban J connectivity index is 2.66. The van der Waals surface area contributed by atoms with Crippen molar-refractivity contribution in [3.05, 3.63) is 29.8 Å². The highest BCUT2D eigenvalue weighted by Gasteiger charge is 2.02. The summed E-state index contributed by atoms with van der Waals surface area (Å²) in [4.78, 5) is 21.5. The van der Waals surface area contributed by atoms with E-state index >= 15 is 0 Å². The van der Waals surface area contributed by atoms with Gasteiger partial charge in [-0.15, -0.1) is 0 Å². The first-order valence-corrected chi connectivity index (χ1v) is 5.03. The lowest BCUT2D eigenvalue weighted by atomic mass is 10.2. The largest absolute Gasteiger partial charge is 0.504 e. The molecule has 0 atom stereocenters. The second-order valence-electron chi connectivity index (χ2n) is 3.34. The van der Waals surface area contributed by atoms with Gasteiger partial charge >= 0.3 is 5.97 Å². The third-order valence-corrected chi connectivity index (χ3v) is 1.97. The predicted octanol–water partition coefficient (Wildman–Crippen LogP) is 0.442. The summed E-state index contributed by atoms with van der Waals surface area (Å²) in [5, 5.41) is 9.37. The Morgan fingerprint density at radius 3 is 2.78 bits per heavy atom. The molecule has 6 heteroatoms. The number of hydrogen-bond donors (Lipinski definition) is 2. The summed E-state index contributed by atoms with van der Waals surface area (Å²) in [6.07, 6.45) is 2.61. The number of carbonyl (C=O) groups is 2. The van der Waals surface area contributed by atoms with Crippen LogP contribution in [-0.2, 0) is 14.3 Å². The highest BCUT2D eigenvalue weighted by Crippen LogP contribution is 2.26. The third-order valence-electron chi connectivity index (χ3n) is 1.97. The van der Waals surface area contributed by atoms with Gasteiger partial charge in [-0.1, -0.05) is 6.07 Å². The van der Waals surface area contributed by atoms with E-state index in [1.807, 2.05) is 0 Å². The standard InChI is InChI=1S/C12H13NO5/c1-17-10-6-8(2-4-9(10)14)3-5-12(16)18-7-11(13)15/h2-6,14H,7H2,1H3,(H2,13,15)/b5-3+. The van der Waals surface area contributed by atoms with Gasteiger partial charge in [0, 0.05) is 6.08 Å². The van der Waals surface area contributed by atoms with Gasteiger partial charge in [0.1, 0.15) is 0 Å². The lowest BCUT2D eigenvalue weighted by Crippen LogP contribution is -2.19. The van der Waals surface area contributed by atoms with Gasteiger partial charge in [0.05, 0.1) is 7.11 Å². The number of carbonyl (C=O) groups excluding carboxylic acids is 2. The summed E-state index contributed by atoms with van der Waals surface area (Å²) in [6.45, 7) is -0.456. The van der Waals surface area contributed by atoms with Gasteiger partial charge in [-0.3, -0.25) is 4.79 Å². The number of nitrogens with two attached hydrogens (primary N) is 1. The van der Waals surface area contributed by atoms with Gasteiger partial charge in [0.2, 0.25) is 0 Å². The van der Waals surface area contributed by atoms with Crippen LogP contribution in [0, 0.1) is 0 Å². The molecule has 6 nitrogen and oxygen atoms in total. The molecule has 0 spiro atoms. The zero-order valence-corrected chi connectivity index (χ0v) is 9.75. The molecule has 1 rings (SSSR count). The van der Waals surface area contributed by atoms with Crippen molar-refractivity contribution in [2.24, 2.45) is 5.73 Å². The molecule has 0 saturated carbocycles. The molecule has 0 fully saturated rings. The first-order chi connectivity index (χ1) is 8.52. The molecular weight excluding hydrogens is 238 g/mol. The fraction of sp³-hybridized carbons (Fsp3) is 0.167. The zero-order chi connectivity index (χ0) is 13.5. The molecule has 18 heavy (non-hydrogen) atoms. The maximum atomic E-state index is 11.1. The minimum atomic E-state index is -0.719. The van der Waals surface area contributed by atoms with E-state index < -0.39 is 18.5 Å². The minimum Gasteiger partial charge on any atom is -0.504 e. The van der Waals surface area contributed by atoms with E-state index in [4.69, 9.17) is 10.5 Å². The molecule has 1 aromatic rings.